The van der Waals surface area contributed by atoms with Crippen molar-refractivity contribution in [3.63, 3.8) is 0 Å². The summed E-state index contributed by atoms with van der Waals surface area (Å²) in [6.45, 7) is 15.1. The van der Waals surface area contributed by atoms with E-state index in [9.17, 15) is 0 Å². The molecule has 0 aliphatic rings. The molecule has 0 saturated carbocycles. The van der Waals surface area contributed by atoms with E-state index in [0.717, 1.165) is 25.5 Å². The van der Waals surface area contributed by atoms with E-state index in [1.807, 2.05) is 0 Å². The van der Waals surface area contributed by atoms with Crippen molar-refractivity contribution < 1.29 is 4.74 Å². The van der Waals surface area contributed by atoms with Crippen molar-refractivity contribution in [2.45, 2.75) is 72.4 Å². The van der Waals surface area contributed by atoms with Crippen molar-refractivity contribution in [1.82, 2.24) is 5.32 Å². The SMILES string of the molecule is CCCNC(C)C(CC)CCOC(C)(C)C. The Labute approximate surface area is 102 Å². The third-order valence-electron chi connectivity index (χ3n) is 2.97. The van der Waals surface area contributed by atoms with Gasteiger partial charge in [-0.15, -0.1) is 0 Å². The molecule has 16 heavy (non-hydrogen) atoms. The van der Waals surface area contributed by atoms with Gasteiger partial charge in [0.2, 0.25) is 0 Å². The number of nitrogens with one attached hydrogen (secondary N) is 1. The second kappa shape index (κ2) is 8.08. The summed E-state index contributed by atoms with van der Waals surface area (Å²) in [5, 5.41) is 3.58. The maximum absolute atomic E-state index is 5.79. The monoisotopic (exact) mass is 229 g/mol. The molecule has 0 radical (unpaired) electrons. The van der Waals surface area contributed by atoms with E-state index in [0.29, 0.717) is 6.04 Å². The lowest BCUT2D eigenvalue weighted by molar-refractivity contribution is -0.0110. The van der Waals surface area contributed by atoms with E-state index in [1.165, 1.54) is 12.8 Å². The van der Waals surface area contributed by atoms with Crippen LogP contribution in [0.15, 0.2) is 0 Å². The lowest BCUT2D eigenvalue weighted by Gasteiger charge is -2.26. The first-order chi connectivity index (χ1) is 7.40. The highest BCUT2D eigenvalue weighted by Gasteiger charge is 2.16. The Morgan fingerprint density at radius 3 is 2.25 bits per heavy atom. The van der Waals surface area contributed by atoms with Crippen LogP contribution < -0.4 is 5.32 Å². The van der Waals surface area contributed by atoms with Gasteiger partial charge in [0.1, 0.15) is 0 Å². The Hall–Kier alpha value is -0.0800. The van der Waals surface area contributed by atoms with E-state index in [4.69, 9.17) is 4.74 Å². The van der Waals surface area contributed by atoms with Crippen molar-refractivity contribution in [3.8, 4) is 0 Å². The third kappa shape index (κ3) is 8.12. The van der Waals surface area contributed by atoms with E-state index >= 15 is 0 Å². The lowest BCUT2D eigenvalue weighted by atomic mass is 9.95. The zero-order valence-corrected chi connectivity index (χ0v) is 12.1. The molecule has 0 saturated heterocycles. The fraction of sp³-hybridized carbons (Fsp3) is 1.00. The van der Waals surface area contributed by atoms with Crippen molar-refractivity contribution in [2.24, 2.45) is 5.92 Å². The van der Waals surface area contributed by atoms with Crippen molar-refractivity contribution in [1.29, 1.82) is 0 Å². The van der Waals surface area contributed by atoms with Gasteiger partial charge >= 0.3 is 0 Å². The molecule has 0 fully saturated rings. The molecule has 2 nitrogen and oxygen atoms in total. The van der Waals surface area contributed by atoms with Gasteiger partial charge in [-0.2, -0.15) is 0 Å². The van der Waals surface area contributed by atoms with Crippen molar-refractivity contribution >= 4 is 0 Å². The van der Waals surface area contributed by atoms with Crippen LogP contribution in [-0.2, 0) is 4.74 Å². The Bertz CT molecular complexity index is 163. The molecule has 0 spiro atoms. The van der Waals surface area contributed by atoms with Crippen LogP contribution in [-0.4, -0.2) is 24.8 Å². The number of rotatable bonds is 8. The summed E-state index contributed by atoms with van der Waals surface area (Å²) in [6, 6.07) is 0.605. The standard InChI is InChI=1S/C14H31NO/c1-7-10-15-12(3)13(8-2)9-11-16-14(4,5)6/h12-13,15H,7-11H2,1-6H3. The average molecular weight is 229 g/mol. The molecule has 0 aromatic carbocycles. The van der Waals surface area contributed by atoms with Gasteiger partial charge in [-0.25, -0.2) is 0 Å². The molecule has 0 heterocycles. The van der Waals surface area contributed by atoms with Crippen LogP contribution in [0.5, 0.6) is 0 Å². The summed E-state index contributed by atoms with van der Waals surface area (Å²) in [5.74, 6) is 0.730. The van der Waals surface area contributed by atoms with Crippen LogP contribution in [0.4, 0.5) is 0 Å². The van der Waals surface area contributed by atoms with E-state index in [1.54, 1.807) is 0 Å². The summed E-state index contributed by atoms with van der Waals surface area (Å²) in [4.78, 5) is 0. The van der Waals surface area contributed by atoms with Crippen LogP contribution in [0.25, 0.3) is 0 Å². The molecule has 2 heteroatoms. The van der Waals surface area contributed by atoms with E-state index < -0.39 is 0 Å². The second-order valence-electron chi connectivity index (χ2n) is 5.66. The molecule has 0 rings (SSSR count). The molecule has 0 aromatic heterocycles. The van der Waals surface area contributed by atoms with Crippen LogP contribution in [0.2, 0.25) is 0 Å². The first-order valence-corrected chi connectivity index (χ1v) is 6.78. The van der Waals surface area contributed by atoms with E-state index in [-0.39, 0.29) is 5.60 Å². The Morgan fingerprint density at radius 1 is 1.19 bits per heavy atom. The first kappa shape index (κ1) is 15.9. The zero-order chi connectivity index (χ0) is 12.6. The Balaban J connectivity index is 3.81. The molecule has 98 valence electrons. The van der Waals surface area contributed by atoms with Crippen LogP contribution >= 0.6 is 0 Å². The predicted molar refractivity (Wildman–Crippen MR) is 71.9 cm³/mol. The summed E-state index contributed by atoms with van der Waals surface area (Å²) in [7, 11) is 0. The van der Waals surface area contributed by atoms with Gasteiger partial charge < -0.3 is 10.1 Å². The largest absolute Gasteiger partial charge is 0.376 e. The summed E-state index contributed by atoms with van der Waals surface area (Å²) in [6.07, 6.45) is 3.59. The third-order valence-corrected chi connectivity index (χ3v) is 2.97. The number of ether oxygens (including phenoxy) is 1. The number of hydrogen-bond acceptors (Lipinski definition) is 2. The number of hydrogen-bond donors (Lipinski definition) is 1. The van der Waals surface area contributed by atoms with Crippen LogP contribution in [0.1, 0.15) is 60.8 Å². The van der Waals surface area contributed by atoms with Gasteiger partial charge in [-0.1, -0.05) is 20.3 Å². The topological polar surface area (TPSA) is 21.3 Å². The van der Waals surface area contributed by atoms with Gasteiger partial charge in [0.15, 0.2) is 0 Å². The molecular formula is C14H31NO. The lowest BCUT2D eigenvalue weighted by Crippen LogP contribution is -2.35. The van der Waals surface area contributed by atoms with Gasteiger partial charge in [-0.3, -0.25) is 0 Å². The Morgan fingerprint density at radius 2 is 1.81 bits per heavy atom. The Kier molecular flexibility index (Phi) is 8.04. The van der Waals surface area contributed by atoms with Crippen molar-refractivity contribution in [2.75, 3.05) is 13.2 Å². The van der Waals surface area contributed by atoms with Gasteiger partial charge in [-0.05, 0) is 53.0 Å². The van der Waals surface area contributed by atoms with Crippen LogP contribution in [0.3, 0.4) is 0 Å². The van der Waals surface area contributed by atoms with E-state index in [2.05, 4.69) is 46.9 Å². The molecule has 0 amide bonds. The summed E-state index contributed by atoms with van der Waals surface area (Å²) in [5.41, 5.74) is -0.00161. The highest BCUT2D eigenvalue weighted by atomic mass is 16.5. The van der Waals surface area contributed by atoms with Crippen LogP contribution in [0, 0.1) is 5.92 Å². The molecule has 0 aliphatic heterocycles. The zero-order valence-electron chi connectivity index (χ0n) is 12.1. The smallest absolute Gasteiger partial charge is 0.0598 e. The van der Waals surface area contributed by atoms with Crippen molar-refractivity contribution in [3.05, 3.63) is 0 Å². The maximum Gasteiger partial charge on any atom is 0.0598 e. The molecule has 1 N–H and O–H groups in total. The molecule has 0 aromatic rings. The van der Waals surface area contributed by atoms with Gasteiger partial charge in [0.25, 0.3) is 0 Å². The average Bonchev–Trinajstić information content (AvgIpc) is 2.19. The molecule has 2 unspecified atom stereocenters. The molecule has 0 aliphatic carbocycles. The minimum absolute atomic E-state index is 0.00161. The van der Waals surface area contributed by atoms with Gasteiger partial charge in [0.05, 0.1) is 5.60 Å². The second-order valence-corrected chi connectivity index (χ2v) is 5.66. The first-order valence-electron chi connectivity index (χ1n) is 6.78. The summed E-state index contributed by atoms with van der Waals surface area (Å²) >= 11 is 0. The predicted octanol–water partition coefficient (Wildman–Crippen LogP) is 3.61. The minimum atomic E-state index is -0.00161. The highest BCUT2D eigenvalue weighted by Crippen LogP contribution is 2.16. The maximum atomic E-state index is 5.79. The normalized spacial score (nSPS) is 16.1. The molecular weight excluding hydrogens is 198 g/mol. The van der Waals surface area contributed by atoms with Gasteiger partial charge in [0, 0.05) is 12.6 Å². The summed E-state index contributed by atoms with van der Waals surface area (Å²) < 4.78 is 5.79. The quantitative estimate of drug-likeness (QED) is 0.686. The highest BCUT2D eigenvalue weighted by molar-refractivity contribution is 4.71. The molecule has 2 atom stereocenters. The fourth-order valence-electron chi connectivity index (χ4n) is 1.86. The molecule has 0 bridgehead atoms. The fourth-order valence-corrected chi connectivity index (χ4v) is 1.86. The minimum Gasteiger partial charge on any atom is -0.376 e.